The van der Waals surface area contributed by atoms with Crippen LogP contribution in [0.2, 0.25) is 0 Å². The molecule has 3 aromatic rings. The van der Waals surface area contributed by atoms with Crippen molar-refractivity contribution in [2.75, 3.05) is 13.1 Å². The van der Waals surface area contributed by atoms with Gasteiger partial charge in [0.05, 0.1) is 18.4 Å². The van der Waals surface area contributed by atoms with Crippen molar-refractivity contribution in [3.8, 4) is 17.1 Å². The minimum absolute atomic E-state index is 0.114. The van der Waals surface area contributed by atoms with Crippen molar-refractivity contribution < 1.29 is 14.3 Å². The molecule has 32 heavy (non-hydrogen) atoms. The van der Waals surface area contributed by atoms with Gasteiger partial charge in [-0.25, -0.2) is 9.98 Å². The molecule has 3 rings (SSSR count). The number of aromatic nitrogens is 1. The van der Waals surface area contributed by atoms with Crippen LogP contribution in [0.3, 0.4) is 0 Å². The molecule has 0 saturated carbocycles. The number of aliphatic imine (C=N–C) groups is 1. The summed E-state index contributed by atoms with van der Waals surface area (Å²) in [6.45, 7) is 9.30. The topological polar surface area (TPSA) is 91.9 Å². The molecule has 3 N–H and O–H groups in total. The Morgan fingerprint density at radius 1 is 1.09 bits per heavy atom. The SMILES string of the molecule is CCNC(=NCc1ncc(-c2ccc(C)cc2)o1)NCC(O)c1ccc(OC(C)C)cc1. The number of nitrogens with zero attached hydrogens (tertiary/aromatic N) is 2. The standard InChI is InChI=1S/C25H32N4O3/c1-5-26-25(28-14-22(30)19-10-12-21(13-11-19)31-17(2)3)29-16-24-27-15-23(32-24)20-8-6-18(4)7-9-20/h6-13,15,17,22,30H,5,14,16H2,1-4H3,(H2,26,28,29). The maximum absolute atomic E-state index is 10.5. The van der Waals surface area contributed by atoms with Crippen molar-refractivity contribution in [3.05, 3.63) is 71.7 Å². The van der Waals surface area contributed by atoms with Gasteiger partial charge in [-0.15, -0.1) is 0 Å². The maximum atomic E-state index is 10.5. The van der Waals surface area contributed by atoms with Crippen molar-refractivity contribution in [2.45, 2.75) is 46.4 Å². The van der Waals surface area contributed by atoms with Crippen LogP contribution in [0.5, 0.6) is 5.75 Å². The van der Waals surface area contributed by atoms with Crippen LogP contribution in [0, 0.1) is 6.92 Å². The lowest BCUT2D eigenvalue weighted by Crippen LogP contribution is -2.39. The summed E-state index contributed by atoms with van der Waals surface area (Å²) in [6.07, 6.45) is 1.15. The van der Waals surface area contributed by atoms with Crippen LogP contribution in [0.4, 0.5) is 0 Å². The average molecular weight is 437 g/mol. The van der Waals surface area contributed by atoms with Gasteiger partial charge in [-0.3, -0.25) is 0 Å². The van der Waals surface area contributed by atoms with Crippen LogP contribution in [-0.4, -0.2) is 35.2 Å². The lowest BCUT2D eigenvalue weighted by Gasteiger charge is -2.16. The Kier molecular flexibility index (Phi) is 8.27. The minimum Gasteiger partial charge on any atom is -0.491 e. The molecule has 0 saturated heterocycles. The second kappa shape index (κ2) is 11.3. The Balaban J connectivity index is 1.57. The number of ether oxygens (including phenoxy) is 1. The first-order chi connectivity index (χ1) is 15.4. The fourth-order valence-corrected chi connectivity index (χ4v) is 3.07. The molecule has 0 amide bonds. The monoisotopic (exact) mass is 436 g/mol. The molecule has 7 nitrogen and oxygen atoms in total. The summed E-state index contributed by atoms with van der Waals surface area (Å²) in [6, 6.07) is 15.6. The van der Waals surface area contributed by atoms with Crippen LogP contribution in [0.25, 0.3) is 11.3 Å². The van der Waals surface area contributed by atoms with E-state index in [0.29, 0.717) is 37.2 Å². The van der Waals surface area contributed by atoms with Crippen molar-refractivity contribution in [2.24, 2.45) is 4.99 Å². The highest BCUT2D eigenvalue weighted by atomic mass is 16.5. The number of oxazole rings is 1. The zero-order valence-corrected chi connectivity index (χ0v) is 19.1. The van der Waals surface area contributed by atoms with Crippen molar-refractivity contribution >= 4 is 5.96 Å². The second-order valence-corrected chi connectivity index (χ2v) is 7.81. The number of guanidine groups is 1. The Morgan fingerprint density at radius 2 is 1.81 bits per heavy atom. The first kappa shape index (κ1) is 23.3. The third-order valence-electron chi connectivity index (χ3n) is 4.71. The summed E-state index contributed by atoms with van der Waals surface area (Å²) < 4.78 is 11.5. The fraction of sp³-hybridized carbons (Fsp3) is 0.360. The summed E-state index contributed by atoms with van der Waals surface area (Å²) in [5, 5.41) is 16.9. The fourth-order valence-electron chi connectivity index (χ4n) is 3.07. The van der Waals surface area contributed by atoms with Crippen molar-refractivity contribution in [3.63, 3.8) is 0 Å². The Hall–Kier alpha value is -3.32. The van der Waals surface area contributed by atoms with E-state index in [4.69, 9.17) is 9.15 Å². The first-order valence-electron chi connectivity index (χ1n) is 10.9. The van der Waals surface area contributed by atoms with E-state index in [2.05, 4.69) is 20.6 Å². The second-order valence-electron chi connectivity index (χ2n) is 7.81. The van der Waals surface area contributed by atoms with Gasteiger partial charge in [-0.05, 0) is 45.4 Å². The summed E-state index contributed by atoms with van der Waals surface area (Å²) in [4.78, 5) is 8.85. The smallest absolute Gasteiger partial charge is 0.216 e. The summed E-state index contributed by atoms with van der Waals surface area (Å²) in [5.41, 5.74) is 2.98. The van der Waals surface area contributed by atoms with E-state index >= 15 is 0 Å². The highest BCUT2D eigenvalue weighted by Gasteiger charge is 2.10. The van der Waals surface area contributed by atoms with Crippen LogP contribution >= 0.6 is 0 Å². The molecule has 0 fully saturated rings. The number of benzene rings is 2. The van der Waals surface area contributed by atoms with E-state index in [1.807, 2.05) is 76.2 Å². The molecule has 7 heteroatoms. The normalized spacial score (nSPS) is 12.6. The van der Waals surface area contributed by atoms with E-state index in [0.717, 1.165) is 16.9 Å². The molecule has 0 radical (unpaired) electrons. The Labute approximate surface area is 189 Å². The molecule has 1 atom stereocenters. The van der Waals surface area contributed by atoms with E-state index in [1.54, 1.807) is 6.20 Å². The predicted molar refractivity (Wildman–Crippen MR) is 127 cm³/mol. The molecule has 0 bridgehead atoms. The van der Waals surface area contributed by atoms with E-state index in [1.165, 1.54) is 5.56 Å². The number of rotatable bonds is 9. The predicted octanol–water partition coefficient (Wildman–Crippen LogP) is 4.23. The molecule has 0 spiro atoms. The van der Waals surface area contributed by atoms with E-state index < -0.39 is 6.10 Å². The van der Waals surface area contributed by atoms with Crippen LogP contribution < -0.4 is 15.4 Å². The molecule has 0 aliphatic heterocycles. The molecule has 0 aliphatic rings. The van der Waals surface area contributed by atoms with E-state index in [-0.39, 0.29) is 6.10 Å². The maximum Gasteiger partial charge on any atom is 0.216 e. The molecule has 1 unspecified atom stereocenters. The van der Waals surface area contributed by atoms with Crippen LogP contribution in [-0.2, 0) is 6.54 Å². The molecular formula is C25H32N4O3. The minimum atomic E-state index is -0.679. The summed E-state index contributed by atoms with van der Waals surface area (Å²) in [5.74, 6) is 2.61. The lowest BCUT2D eigenvalue weighted by atomic mass is 10.1. The third-order valence-corrected chi connectivity index (χ3v) is 4.71. The average Bonchev–Trinajstić information content (AvgIpc) is 3.25. The molecular weight excluding hydrogens is 404 g/mol. The van der Waals surface area contributed by atoms with Gasteiger partial charge in [0.25, 0.3) is 0 Å². The van der Waals surface area contributed by atoms with Crippen LogP contribution in [0.1, 0.15) is 43.9 Å². The third kappa shape index (κ3) is 6.85. The van der Waals surface area contributed by atoms with Gasteiger partial charge in [0.2, 0.25) is 5.89 Å². The van der Waals surface area contributed by atoms with Crippen molar-refractivity contribution in [1.82, 2.24) is 15.6 Å². The van der Waals surface area contributed by atoms with Gasteiger partial charge < -0.3 is 24.9 Å². The quantitative estimate of drug-likeness (QED) is 0.344. The summed E-state index contributed by atoms with van der Waals surface area (Å²) >= 11 is 0. The highest BCUT2D eigenvalue weighted by molar-refractivity contribution is 5.79. The first-order valence-corrected chi connectivity index (χ1v) is 10.9. The summed E-state index contributed by atoms with van der Waals surface area (Å²) in [7, 11) is 0. The van der Waals surface area contributed by atoms with Gasteiger partial charge in [0.1, 0.15) is 12.3 Å². The molecule has 1 heterocycles. The molecule has 0 aliphatic carbocycles. The molecule has 1 aromatic heterocycles. The lowest BCUT2D eigenvalue weighted by molar-refractivity contribution is 0.180. The number of hydrogen-bond acceptors (Lipinski definition) is 5. The van der Waals surface area contributed by atoms with Gasteiger partial charge >= 0.3 is 0 Å². The van der Waals surface area contributed by atoms with E-state index in [9.17, 15) is 5.11 Å². The van der Waals surface area contributed by atoms with Crippen LogP contribution in [0.15, 0.2) is 64.1 Å². The molecule has 170 valence electrons. The number of nitrogens with one attached hydrogen (secondary N) is 2. The van der Waals surface area contributed by atoms with Gasteiger partial charge in [0.15, 0.2) is 11.7 Å². The Morgan fingerprint density at radius 3 is 2.47 bits per heavy atom. The van der Waals surface area contributed by atoms with Gasteiger partial charge in [0, 0.05) is 18.7 Å². The number of aryl methyl sites for hydroxylation is 1. The van der Waals surface area contributed by atoms with Crippen molar-refractivity contribution in [1.29, 1.82) is 0 Å². The number of aliphatic hydroxyl groups excluding tert-OH is 1. The van der Waals surface area contributed by atoms with Gasteiger partial charge in [-0.2, -0.15) is 0 Å². The number of aliphatic hydroxyl groups is 1. The largest absolute Gasteiger partial charge is 0.491 e. The highest BCUT2D eigenvalue weighted by Crippen LogP contribution is 2.21. The number of hydrogen-bond donors (Lipinski definition) is 3. The zero-order valence-electron chi connectivity index (χ0n) is 19.1. The molecule has 2 aromatic carbocycles. The Bertz CT molecular complexity index is 995. The van der Waals surface area contributed by atoms with Gasteiger partial charge in [-0.1, -0.05) is 42.0 Å². The zero-order chi connectivity index (χ0) is 22.9.